The summed E-state index contributed by atoms with van der Waals surface area (Å²) in [5.41, 5.74) is -0.661. The summed E-state index contributed by atoms with van der Waals surface area (Å²) in [5, 5.41) is 0. The van der Waals surface area contributed by atoms with Crippen LogP contribution in [0.15, 0.2) is 0 Å². The Bertz CT molecular complexity index is 560. The van der Waals surface area contributed by atoms with Crippen molar-refractivity contribution in [3.8, 4) is 0 Å². The van der Waals surface area contributed by atoms with Crippen molar-refractivity contribution in [2.75, 3.05) is 11.5 Å². The number of fused-ring (bicyclic) bond motifs is 1. The maximum absolute atomic E-state index is 12.9. The molecule has 2 rings (SSSR count). The second kappa shape index (κ2) is 10.5. The van der Waals surface area contributed by atoms with Crippen molar-refractivity contribution in [2.45, 2.75) is 116 Å². The van der Waals surface area contributed by atoms with Crippen LogP contribution < -0.4 is 0 Å². The van der Waals surface area contributed by atoms with E-state index in [0.29, 0.717) is 5.75 Å². The van der Waals surface area contributed by atoms with Crippen LogP contribution in [0.4, 0.5) is 4.79 Å². The molecule has 0 bridgehead atoms. The van der Waals surface area contributed by atoms with E-state index in [1.165, 1.54) is 43.4 Å². The Hall–Kier alpha value is -0.790. The van der Waals surface area contributed by atoms with Gasteiger partial charge in [-0.15, -0.1) is 0 Å². The van der Waals surface area contributed by atoms with Gasteiger partial charge in [0.1, 0.15) is 11.7 Å². The normalized spacial score (nSPS) is 26.1. The van der Waals surface area contributed by atoms with Crippen LogP contribution in [-0.2, 0) is 19.0 Å². The number of hydrogen-bond donors (Lipinski definition) is 0. The third kappa shape index (κ3) is 7.14. The van der Waals surface area contributed by atoms with Gasteiger partial charge >= 0.3 is 6.09 Å². The van der Waals surface area contributed by atoms with Crippen molar-refractivity contribution in [2.24, 2.45) is 0 Å². The van der Waals surface area contributed by atoms with Crippen LogP contribution in [0.3, 0.4) is 0 Å². The van der Waals surface area contributed by atoms with Crippen LogP contribution in [0.25, 0.3) is 0 Å². The summed E-state index contributed by atoms with van der Waals surface area (Å²) in [4.78, 5) is 26.8. The Labute approximate surface area is 180 Å². The van der Waals surface area contributed by atoms with Gasteiger partial charge in [-0.1, -0.05) is 45.4 Å². The predicted octanol–water partition coefficient (Wildman–Crippen LogP) is 5.14. The Morgan fingerprint density at radius 1 is 1.10 bits per heavy atom. The molecule has 0 aromatic heterocycles. The number of hydrogen-bond acceptors (Lipinski definition) is 6. The number of nitrogens with zero attached hydrogens (tertiary/aromatic N) is 1. The molecule has 2 saturated heterocycles. The molecule has 6 nitrogen and oxygen atoms in total. The Kier molecular flexibility index (Phi) is 8.86. The number of ether oxygens (including phenoxy) is 3. The summed E-state index contributed by atoms with van der Waals surface area (Å²) in [6.45, 7) is 11.2. The number of amides is 2. The van der Waals surface area contributed by atoms with Crippen molar-refractivity contribution >= 4 is 23.8 Å². The molecular weight excluding hydrogens is 390 g/mol. The summed E-state index contributed by atoms with van der Waals surface area (Å²) in [6, 6.07) is -0.362. The minimum absolute atomic E-state index is 0.351. The van der Waals surface area contributed by atoms with Crippen LogP contribution in [0, 0.1) is 0 Å². The lowest BCUT2D eigenvalue weighted by Gasteiger charge is -2.30. The average molecular weight is 430 g/mol. The number of likely N-dealkylation sites (tertiary alicyclic amines) is 1. The maximum Gasteiger partial charge on any atom is 0.417 e. The van der Waals surface area contributed by atoms with Gasteiger partial charge in [-0.3, -0.25) is 4.79 Å². The summed E-state index contributed by atoms with van der Waals surface area (Å²) in [6.07, 6.45) is 7.12. The van der Waals surface area contributed by atoms with Crippen molar-refractivity contribution in [3.63, 3.8) is 0 Å². The number of unbranched alkanes of at least 4 members (excludes halogenated alkanes) is 6. The smallest absolute Gasteiger partial charge is 0.417 e. The Morgan fingerprint density at radius 3 is 2.34 bits per heavy atom. The van der Waals surface area contributed by atoms with E-state index in [1.54, 1.807) is 46.4 Å². The molecule has 3 unspecified atom stereocenters. The molecule has 29 heavy (non-hydrogen) atoms. The van der Waals surface area contributed by atoms with Crippen LogP contribution in [0.2, 0.25) is 0 Å². The fourth-order valence-corrected chi connectivity index (χ4v) is 4.94. The molecule has 0 spiro atoms. The molecule has 2 fully saturated rings. The van der Waals surface area contributed by atoms with E-state index in [0.717, 1.165) is 12.2 Å². The van der Waals surface area contributed by atoms with E-state index in [9.17, 15) is 9.59 Å². The zero-order valence-electron chi connectivity index (χ0n) is 19.0. The second-order valence-electron chi connectivity index (χ2n) is 9.47. The van der Waals surface area contributed by atoms with Crippen LogP contribution in [0.5, 0.6) is 0 Å². The SMILES string of the molecule is CCCCCCCCCSCC1C2OC(C)(C)OC2C(=O)N1C(=O)OC(C)(C)C. The first-order valence-electron chi connectivity index (χ1n) is 11.0. The third-order valence-corrected chi connectivity index (χ3v) is 6.25. The van der Waals surface area contributed by atoms with Gasteiger partial charge in [0.15, 0.2) is 11.9 Å². The minimum atomic E-state index is -0.813. The lowest BCUT2D eigenvalue weighted by atomic mass is 10.1. The summed E-state index contributed by atoms with van der Waals surface area (Å²) in [7, 11) is 0. The molecule has 0 aromatic rings. The van der Waals surface area contributed by atoms with E-state index in [4.69, 9.17) is 14.2 Å². The van der Waals surface area contributed by atoms with E-state index in [-0.39, 0.29) is 11.9 Å². The summed E-state index contributed by atoms with van der Waals surface area (Å²) in [5.74, 6) is 0.493. The molecule has 2 aliphatic heterocycles. The van der Waals surface area contributed by atoms with Gasteiger partial charge in [0.25, 0.3) is 5.91 Å². The molecule has 2 amide bonds. The topological polar surface area (TPSA) is 65.1 Å². The first kappa shape index (κ1) is 24.5. The largest absolute Gasteiger partial charge is 0.443 e. The van der Waals surface area contributed by atoms with Gasteiger partial charge in [0, 0.05) is 5.75 Å². The molecule has 0 saturated carbocycles. The highest BCUT2D eigenvalue weighted by Crippen LogP contribution is 2.39. The molecule has 2 aliphatic rings. The zero-order chi connectivity index (χ0) is 21.7. The van der Waals surface area contributed by atoms with Crippen LogP contribution in [-0.4, -0.2) is 58.0 Å². The van der Waals surface area contributed by atoms with E-state index >= 15 is 0 Å². The molecule has 3 atom stereocenters. The highest BCUT2D eigenvalue weighted by molar-refractivity contribution is 7.99. The third-order valence-electron chi connectivity index (χ3n) is 5.09. The lowest BCUT2D eigenvalue weighted by molar-refractivity contribution is -0.170. The fourth-order valence-electron chi connectivity index (χ4n) is 3.78. The van der Waals surface area contributed by atoms with Crippen molar-refractivity contribution in [3.05, 3.63) is 0 Å². The van der Waals surface area contributed by atoms with Gasteiger partial charge in [0.2, 0.25) is 0 Å². The van der Waals surface area contributed by atoms with Crippen LogP contribution in [0.1, 0.15) is 86.5 Å². The maximum atomic E-state index is 12.9. The monoisotopic (exact) mass is 429 g/mol. The van der Waals surface area contributed by atoms with E-state index in [1.807, 2.05) is 0 Å². The number of carbonyl (C=O) groups excluding carboxylic acids is 2. The molecule has 2 heterocycles. The van der Waals surface area contributed by atoms with Gasteiger partial charge in [-0.2, -0.15) is 11.8 Å². The van der Waals surface area contributed by atoms with Crippen molar-refractivity contribution < 1.29 is 23.8 Å². The summed E-state index contributed by atoms with van der Waals surface area (Å²) < 4.78 is 17.3. The first-order valence-corrected chi connectivity index (χ1v) is 12.2. The van der Waals surface area contributed by atoms with E-state index in [2.05, 4.69) is 6.92 Å². The second-order valence-corrected chi connectivity index (χ2v) is 10.6. The average Bonchev–Trinajstić information content (AvgIpc) is 3.03. The molecule has 0 aliphatic carbocycles. The van der Waals surface area contributed by atoms with Gasteiger partial charge in [0.05, 0.1) is 6.04 Å². The van der Waals surface area contributed by atoms with E-state index < -0.39 is 29.7 Å². The standard InChI is InChI=1S/C22H39NO5S/c1-7-8-9-10-11-12-13-14-29-15-16-17-18(27-22(5,6)26-17)19(24)23(16)20(25)28-21(2,3)4/h16-18H,7-15H2,1-6H3. The van der Waals surface area contributed by atoms with Gasteiger partial charge in [-0.25, -0.2) is 9.69 Å². The van der Waals surface area contributed by atoms with Gasteiger partial charge in [-0.05, 0) is 46.8 Å². The van der Waals surface area contributed by atoms with Crippen molar-refractivity contribution in [1.29, 1.82) is 0 Å². The number of rotatable bonds is 10. The minimum Gasteiger partial charge on any atom is -0.443 e. The lowest BCUT2D eigenvalue weighted by Crippen LogP contribution is -2.47. The number of thioether (sulfide) groups is 1. The Morgan fingerprint density at radius 2 is 1.72 bits per heavy atom. The molecular formula is C22H39NO5S. The highest BCUT2D eigenvalue weighted by Gasteiger charge is 2.59. The highest BCUT2D eigenvalue weighted by atomic mass is 32.2. The molecule has 168 valence electrons. The zero-order valence-corrected chi connectivity index (χ0v) is 19.8. The molecule has 0 N–H and O–H groups in total. The number of carbonyl (C=O) groups is 2. The molecule has 0 radical (unpaired) electrons. The predicted molar refractivity (Wildman–Crippen MR) is 116 cm³/mol. The molecule has 7 heteroatoms. The first-order chi connectivity index (χ1) is 13.6. The molecule has 0 aromatic carbocycles. The van der Waals surface area contributed by atoms with Crippen LogP contribution >= 0.6 is 11.8 Å². The van der Waals surface area contributed by atoms with Gasteiger partial charge < -0.3 is 14.2 Å². The Balaban J connectivity index is 1.88. The van der Waals surface area contributed by atoms with Crippen molar-refractivity contribution in [1.82, 2.24) is 4.90 Å². The quantitative estimate of drug-likeness (QED) is 0.448. The summed E-state index contributed by atoms with van der Waals surface area (Å²) >= 11 is 1.77. The number of imide groups is 1. The fraction of sp³-hybridized carbons (Fsp3) is 0.909.